The van der Waals surface area contributed by atoms with Crippen molar-refractivity contribution in [2.75, 3.05) is 14.2 Å². The largest absolute Gasteiger partial charge is 0.496 e. The van der Waals surface area contributed by atoms with Gasteiger partial charge in [-0.2, -0.15) is 0 Å². The molecule has 0 saturated carbocycles. The van der Waals surface area contributed by atoms with Crippen LogP contribution < -0.4 is 10.1 Å². The van der Waals surface area contributed by atoms with Crippen molar-refractivity contribution in [1.82, 2.24) is 10.3 Å². The molecule has 1 aromatic carbocycles. The van der Waals surface area contributed by atoms with E-state index in [-0.39, 0.29) is 6.04 Å². The van der Waals surface area contributed by atoms with Crippen LogP contribution in [0.15, 0.2) is 41.1 Å². The monoisotopic (exact) mass is 388 g/mol. The van der Waals surface area contributed by atoms with Crippen molar-refractivity contribution in [3.8, 4) is 5.75 Å². The lowest BCUT2D eigenvalue weighted by molar-refractivity contribution is 0.184. The van der Waals surface area contributed by atoms with Gasteiger partial charge in [-0.25, -0.2) is 4.98 Å². The van der Waals surface area contributed by atoms with Gasteiger partial charge in [0.2, 0.25) is 0 Å². The first-order valence-corrected chi connectivity index (χ1v) is 10.3. The van der Waals surface area contributed by atoms with Gasteiger partial charge < -0.3 is 14.8 Å². The molecule has 0 aliphatic rings. The summed E-state index contributed by atoms with van der Waals surface area (Å²) in [5.74, 6) is 0.891. The summed E-state index contributed by atoms with van der Waals surface area (Å²) < 4.78 is 10.8. The number of thiazole rings is 1. The van der Waals surface area contributed by atoms with E-state index in [1.165, 1.54) is 4.88 Å². The zero-order valence-electron chi connectivity index (χ0n) is 15.3. The molecular formula is C20H24N2O2S2. The molecule has 2 heterocycles. The molecule has 0 aliphatic heterocycles. The van der Waals surface area contributed by atoms with Crippen molar-refractivity contribution >= 4 is 22.7 Å². The number of nitrogens with one attached hydrogen (secondary N) is 1. The first kappa shape index (κ1) is 19.0. The van der Waals surface area contributed by atoms with E-state index in [9.17, 15) is 0 Å². The molecule has 0 aliphatic carbocycles. The van der Waals surface area contributed by atoms with Crippen LogP contribution in [0, 0.1) is 6.92 Å². The van der Waals surface area contributed by atoms with Crippen molar-refractivity contribution in [3.05, 3.63) is 67.8 Å². The number of nitrogens with zero attached hydrogens (tertiary/aromatic N) is 1. The van der Waals surface area contributed by atoms with Crippen LogP contribution in [0.3, 0.4) is 0 Å². The van der Waals surface area contributed by atoms with E-state index >= 15 is 0 Å². The molecular weight excluding hydrogens is 364 g/mol. The fourth-order valence-electron chi connectivity index (χ4n) is 2.87. The van der Waals surface area contributed by atoms with E-state index in [0.29, 0.717) is 6.61 Å². The minimum absolute atomic E-state index is 0.183. The zero-order chi connectivity index (χ0) is 18.4. The van der Waals surface area contributed by atoms with Gasteiger partial charge in [-0.15, -0.1) is 22.7 Å². The quantitative estimate of drug-likeness (QED) is 0.575. The summed E-state index contributed by atoms with van der Waals surface area (Å²) in [6.45, 7) is 3.36. The Balaban J connectivity index is 1.77. The molecule has 0 spiro atoms. The molecule has 1 N–H and O–H groups in total. The SMILES string of the molecule is COCc1ccc(OC)c(CNC(Cc2cccs2)c2nc(C)cs2)c1. The van der Waals surface area contributed by atoms with Crippen molar-refractivity contribution in [2.45, 2.75) is 32.5 Å². The van der Waals surface area contributed by atoms with Gasteiger partial charge in [-0.05, 0) is 36.1 Å². The highest BCUT2D eigenvalue weighted by atomic mass is 32.1. The number of aromatic nitrogens is 1. The number of hydrogen-bond donors (Lipinski definition) is 1. The van der Waals surface area contributed by atoms with E-state index in [1.54, 1.807) is 36.9 Å². The van der Waals surface area contributed by atoms with E-state index < -0.39 is 0 Å². The first-order chi connectivity index (χ1) is 12.7. The molecule has 0 amide bonds. The number of rotatable bonds is 9. The second kappa shape index (κ2) is 9.28. The maximum Gasteiger partial charge on any atom is 0.123 e. The van der Waals surface area contributed by atoms with Gasteiger partial charge in [-0.1, -0.05) is 12.1 Å². The van der Waals surface area contributed by atoms with Crippen LogP contribution in [0.4, 0.5) is 0 Å². The molecule has 0 saturated heterocycles. The maximum atomic E-state index is 5.53. The fourth-order valence-corrected chi connectivity index (χ4v) is 4.49. The summed E-state index contributed by atoms with van der Waals surface area (Å²) in [4.78, 5) is 6.06. The molecule has 1 unspecified atom stereocenters. The molecule has 2 aromatic heterocycles. The Kier molecular flexibility index (Phi) is 6.80. The number of aryl methyl sites for hydroxylation is 1. The Morgan fingerprint density at radius 3 is 2.73 bits per heavy atom. The minimum atomic E-state index is 0.183. The molecule has 0 bridgehead atoms. The summed E-state index contributed by atoms with van der Waals surface area (Å²) in [5.41, 5.74) is 3.35. The van der Waals surface area contributed by atoms with Crippen molar-refractivity contribution < 1.29 is 9.47 Å². The van der Waals surface area contributed by atoms with Crippen LogP contribution in [0.1, 0.15) is 32.7 Å². The van der Waals surface area contributed by atoms with E-state index in [2.05, 4.69) is 34.3 Å². The smallest absolute Gasteiger partial charge is 0.123 e. The van der Waals surface area contributed by atoms with Gasteiger partial charge in [0, 0.05) is 41.6 Å². The molecule has 138 valence electrons. The average molecular weight is 389 g/mol. The maximum absolute atomic E-state index is 5.53. The van der Waals surface area contributed by atoms with Crippen molar-refractivity contribution in [3.63, 3.8) is 0 Å². The third-order valence-corrected chi connectivity index (χ3v) is 6.09. The van der Waals surface area contributed by atoms with Crippen LogP contribution in [0.25, 0.3) is 0 Å². The number of thiophene rings is 1. The van der Waals surface area contributed by atoms with Crippen molar-refractivity contribution in [1.29, 1.82) is 0 Å². The summed E-state index contributed by atoms with van der Waals surface area (Å²) in [6.07, 6.45) is 0.935. The highest BCUT2D eigenvalue weighted by molar-refractivity contribution is 7.10. The van der Waals surface area contributed by atoms with Gasteiger partial charge in [-0.3, -0.25) is 0 Å². The summed E-state index contributed by atoms with van der Waals surface area (Å²) in [7, 11) is 3.42. The highest BCUT2D eigenvalue weighted by Crippen LogP contribution is 2.26. The summed E-state index contributed by atoms with van der Waals surface area (Å²) in [5, 5.41) is 9.04. The van der Waals surface area contributed by atoms with Gasteiger partial charge in [0.15, 0.2) is 0 Å². The van der Waals surface area contributed by atoms with Crippen LogP contribution in [0.2, 0.25) is 0 Å². The van der Waals surface area contributed by atoms with Gasteiger partial charge in [0.05, 0.1) is 19.8 Å². The Morgan fingerprint density at radius 2 is 2.08 bits per heavy atom. The van der Waals surface area contributed by atoms with E-state index in [4.69, 9.17) is 14.5 Å². The number of benzene rings is 1. The van der Waals surface area contributed by atoms with Gasteiger partial charge in [0.1, 0.15) is 10.8 Å². The standard InChI is InChI=1S/C20H24N2O2S2/c1-14-13-26-20(22-14)18(10-17-5-4-8-25-17)21-11-16-9-15(12-23-2)6-7-19(16)24-3/h4-9,13,18,21H,10-12H2,1-3H3. The minimum Gasteiger partial charge on any atom is -0.496 e. The van der Waals surface area contributed by atoms with Crippen molar-refractivity contribution in [2.24, 2.45) is 0 Å². The number of hydrogen-bond acceptors (Lipinski definition) is 6. The van der Waals surface area contributed by atoms with Gasteiger partial charge >= 0.3 is 0 Å². The normalized spacial score (nSPS) is 12.3. The second-order valence-corrected chi connectivity index (χ2v) is 8.05. The Morgan fingerprint density at radius 1 is 1.19 bits per heavy atom. The third-order valence-electron chi connectivity index (χ3n) is 4.12. The molecule has 0 fully saturated rings. The van der Waals surface area contributed by atoms with Crippen LogP contribution in [0.5, 0.6) is 5.75 Å². The number of ether oxygens (including phenoxy) is 2. The molecule has 1 atom stereocenters. The Bertz CT molecular complexity index is 815. The zero-order valence-corrected chi connectivity index (χ0v) is 17.0. The predicted octanol–water partition coefficient (Wildman–Crippen LogP) is 4.74. The van der Waals surface area contributed by atoms with Gasteiger partial charge in [0.25, 0.3) is 0 Å². The molecule has 6 heteroatoms. The molecule has 3 rings (SSSR count). The molecule has 4 nitrogen and oxygen atoms in total. The summed E-state index contributed by atoms with van der Waals surface area (Å²) in [6, 6.07) is 10.7. The fraction of sp³-hybridized carbons (Fsp3) is 0.350. The highest BCUT2D eigenvalue weighted by Gasteiger charge is 2.17. The molecule has 0 radical (unpaired) electrons. The lowest BCUT2D eigenvalue weighted by Crippen LogP contribution is -2.23. The topological polar surface area (TPSA) is 43.4 Å². The number of methoxy groups -OCH3 is 2. The Labute approximate surface area is 162 Å². The lowest BCUT2D eigenvalue weighted by atomic mass is 10.1. The lowest BCUT2D eigenvalue weighted by Gasteiger charge is -2.18. The third kappa shape index (κ3) is 4.92. The molecule has 26 heavy (non-hydrogen) atoms. The molecule has 3 aromatic rings. The first-order valence-electron chi connectivity index (χ1n) is 8.52. The van der Waals surface area contributed by atoms with E-state index in [0.717, 1.165) is 40.5 Å². The van der Waals surface area contributed by atoms with Crippen LogP contribution >= 0.6 is 22.7 Å². The van der Waals surface area contributed by atoms with Crippen LogP contribution in [-0.2, 0) is 24.3 Å². The predicted molar refractivity (Wildman–Crippen MR) is 108 cm³/mol. The second-order valence-electron chi connectivity index (χ2n) is 6.12. The van der Waals surface area contributed by atoms with Crippen LogP contribution in [-0.4, -0.2) is 19.2 Å². The summed E-state index contributed by atoms with van der Waals surface area (Å²) >= 11 is 3.50. The van der Waals surface area contributed by atoms with E-state index in [1.807, 2.05) is 19.1 Å². The average Bonchev–Trinajstić information content (AvgIpc) is 3.30. The Hall–Kier alpha value is -1.73.